The molecule has 0 aliphatic rings. The number of ether oxygens (including phenoxy) is 1. The summed E-state index contributed by atoms with van der Waals surface area (Å²) in [7, 11) is 0. The highest BCUT2D eigenvalue weighted by molar-refractivity contribution is 6.18. The maximum Gasteiger partial charge on any atom is 0.305 e. The molecule has 0 aliphatic carbocycles. The summed E-state index contributed by atoms with van der Waals surface area (Å²) in [6.45, 7) is 2.01. The van der Waals surface area contributed by atoms with E-state index in [9.17, 15) is 4.79 Å². The highest BCUT2D eigenvalue weighted by atomic mass is 35.5. The number of rotatable bonds is 6. The number of aliphatic hydroxyl groups is 1. The minimum absolute atomic E-state index is 0.00600. The third kappa shape index (κ3) is 6.43. The van der Waals surface area contributed by atoms with Crippen molar-refractivity contribution in [2.45, 2.75) is 32.3 Å². The highest BCUT2D eigenvalue weighted by Crippen LogP contribution is 1.97. The van der Waals surface area contributed by atoms with E-state index < -0.39 is 6.10 Å². The van der Waals surface area contributed by atoms with Gasteiger partial charge in [-0.15, -0.1) is 11.6 Å². The maximum atomic E-state index is 10.8. The van der Waals surface area contributed by atoms with Crippen LogP contribution in [0.1, 0.15) is 26.2 Å². The summed E-state index contributed by atoms with van der Waals surface area (Å²) >= 11 is 5.30. The predicted octanol–water partition coefficient (Wildman–Crippen LogP) is 1.32. The van der Waals surface area contributed by atoms with Gasteiger partial charge >= 0.3 is 5.97 Å². The normalized spacial score (nSPS) is 12.6. The molecule has 0 radical (unpaired) electrons. The van der Waals surface area contributed by atoms with Crippen LogP contribution in [-0.2, 0) is 9.53 Å². The van der Waals surface area contributed by atoms with Crippen LogP contribution < -0.4 is 0 Å². The SMILES string of the molecule is CCCCC(=O)OCC(O)CCl. The maximum absolute atomic E-state index is 10.8. The van der Waals surface area contributed by atoms with Crippen molar-refractivity contribution >= 4 is 17.6 Å². The standard InChI is InChI=1S/C8H15ClO3/c1-2-3-4-8(11)12-6-7(10)5-9/h7,10H,2-6H2,1H3. The van der Waals surface area contributed by atoms with Crippen molar-refractivity contribution in [3.05, 3.63) is 0 Å². The summed E-state index contributed by atoms with van der Waals surface area (Å²) in [4.78, 5) is 10.8. The fourth-order valence-electron chi connectivity index (χ4n) is 0.627. The minimum atomic E-state index is -0.739. The Morgan fingerprint density at radius 2 is 2.33 bits per heavy atom. The van der Waals surface area contributed by atoms with E-state index in [0.717, 1.165) is 12.8 Å². The minimum Gasteiger partial charge on any atom is -0.463 e. The topological polar surface area (TPSA) is 46.5 Å². The number of hydrogen-bond donors (Lipinski definition) is 1. The molecule has 0 aliphatic heterocycles. The lowest BCUT2D eigenvalue weighted by Gasteiger charge is -2.07. The van der Waals surface area contributed by atoms with Crippen LogP contribution in [0.5, 0.6) is 0 Å². The molecule has 0 heterocycles. The van der Waals surface area contributed by atoms with Gasteiger partial charge in [0.2, 0.25) is 0 Å². The number of carbonyl (C=O) groups excluding carboxylic acids is 1. The van der Waals surface area contributed by atoms with Gasteiger partial charge in [-0.1, -0.05) is 13.3 Å². The fourth-order valence-corrected chi connectivity index (χ4v) is 0.716. The predicted molar refractivity (Wildman–Crippen MR) is 47.2 cm³/mol. The third-order valence-corrected chi connectivity index (χ3v) is 1.71. The van der Waals surface area contributed by atoms with E-state index in [0.29, 0.717) is 6.42 Å². The Morgan fingerprint density at radius 1 is 1.67 bits per heavy atom. The molecule has 0 fully saturated rings. The second-order valence-electron chi connectivity index (χ2n) is 2.59. The zero-order valence-electron chi connectivity index (χ0n) is 7.25. The van der Waals surface area contributed by atoms with Crippen molar-refractivity contribution in [1.29, 1.82) is 0 Å². The molecule has 1 N–H and O–H groups in total. The lowest BCUT2D eigenvalue weighted by atomic mass is 10.2. The van der Waals surface area contributed by atoms with Crippen LogP contribution in [-0.4, -0.2) is 29.7 Å². The van der Waals surface area contributed by atoms with Gasteiger partial charge in [0.05, 0.1) is 5.88 Å². The van der Waals surface area contributed by atoms with Gasteiger partial charge in [0, 0.05) is 6.42 Å². The van der Waals surface area contributed by atoms with Crippen LogP contribution >= 0.6 is 11.6 Å². The van der Waals surface area contributed by atoms with Crippen LogP contribution in [0.15, 0.2) is 0 Å². The zero-order chi connectivity index (χ0) is 9.40. The summed E-state index contributed by atoms with van der Waals surface area (Å²) in [6.07, 6.45) is 1.48. The number of alkyl halides is 1. The quantitative estimate of drug-likeness (QED) is 0.513. The summed E-state index contributed by atoms with van der Waals surface area (Å²) in [5.41, 5.74) is 0. The van der Waals surface area contributed by atoms with Crippen LogP contribution in [0, 0.1) is 0 Å². The molecule has 1 atom stereocenters. The van der Waals surface area contributed by atoms with Gasteiger partial charge < -0.3 is 9.84 Å². The lowest BCUT2D eigenvalue weighted by Crippen LogP contribution is -2.19. The van der Waals surface area contributed by atoms with E-state index in [1.54, 1.807) is 0 Å². The Hall–Kier alpha value is -0.280. The van der Waals surface area contributed by atoms with Gasteiger partial charge in [-0.2, -0.15) is 0 Å². The Balaban J connectivity index is 3.31. The fraction of sp³-hybridized carbons (Fsp3) is 0.875. The molecule has 0 spiro atoms. The molecule has 72 valence electrons. The number of esters is 1. The largest absolute Gasteiger partial charge is 0.463 e. The van der Waals surface area contributed by atoms with Crippen molar-refractivity contribution in [3.8, 4) is 0 Å². The Labute approximate surface area is 77.7 Å². The molecule has 0 rings (SSSR count). The summed E-state index contributed by atoms with van der Waals surface area (Å²) in [5, 5.41) is 8.92. The molecule has 0 aromatic carbocycles. The Morgan fingerprint density at radius 3 is 2.83 bits per heavy atom. The van der Waals surface area contributed by atoms with Gasteiger partial charge in [0.1, 0.15) is 12.7 Å². The van der Waals surface area contributed by atoms with Crippen molar-refractivity contribution in [3.63, 3.8) is 0 Å². The molecule has 1 unspecified atom stereocenters. The first-order valence-electron chi connectivity index (χ1n) is 4.10. The third-order valence-electron chi connectivity index (χ3n) is 1.35. The Kier molecular flexibility index (Phi) is 7.20. The van der Waals surface area contributed by atoms with E-state index in [1.807, 2.05) is 6.92 Å². The van der Waals surface area contributed by atoms with Gasteiger partial charge in [0.25, 0.3) is 0 Å². The van der Waals surface area contributed by atoms with Crippen LogP contribution in [0.3, 0.4) is 0 Å². The van der Waals surface area contributed by atoms with Gasteiger partial charge in [-0.25, -0.2) is 0 Å². The highest BCUT2D eigenvalue weighted by Gasteiger charge is 2.06. The van der Waals surface area contributed by atoms with Crippen LogP contribution in [0.4, 0.5) is 0 Å². The van der Waals surface area contributed by atoms with E-state index in [1.165, 1.54) is 0 Å². The molecule has 0 saturated carbocycles. The van der Waals surface area contributed by atoms with Crippen molar-refractivity contribution in [2.75, 3.05) is 12.5 Å². The first kappa shape index (κ1) is 11.7. The molecule has 4 heteroatoms. The zero-order valence-corrected chi connectivity index (χ0v) is 8.01. The monoisotopic (exact) mass is 194 g/mol. The lowest BCUT2D eigenvalue weighted by molar-refractivity contribution is -0.146. The van der Waals surface area contributed by atoms with Gasteiger partial charge in [-0.05, 0) is 6.42 Å². The molecule has 12 heavy (non-hydrogen) atoms. The first-order chi connectivity index (χ1) is 5.70. The molecule has 0 bridgehead atoms. The molecule has 0 saturated heterocycles. The molecule has 3 nitrogen and oxygen atoms in total. The second-order valence-corrected chi connectivity index (χ2v) is 2.90. The number of carbonyl (C=O) groups is 1. The number of hydrogen-bond acceptors (Lipinski definition) is 3. The summed E-state index contributed by atoms with van der Waals surface area (Å²) < 4.78 is 4.72. The average molecular weight is 195 g/mol. The molecule has 0 amide bonds. The summed E-state index contributed by atoms with van der Waals surface area (Å²) in [5.74, 6) is -0.165. The number of aliphatic hydroxyl groups excluding tert-OH is 1. The number of halogens is 1. The molecule has 0 aromatic heterocycles. The van der Waals surface area contributed by atoms with E-state index >= 15 is 0 Å². The Bertz CT molecular complexity index is 127. The van der Waals surface area contributed by atoms with Gasteiger partial charge in [-0.3, -0.25) is 4.79 Å². The van der Waals surface area contributed by atoms with Gasteiger partial charge in [0.15, 0.2) is 0 Å². The van der Waals surface area contributed by atoms with Crippen molar-refractivity contribution < 1.29 is 14.6 Å². The van der Waals surface area contributed by atoms with E-state index in [-0.39, 0.29) is 18.5 Å². The summed E-state index contributed by atoms with van der Waals surface area (Å²) in [6, 6.07) is 0. The smallest absolute Gasteiger partial charge is 0.305 e. The van der Waals surface area contributed by atoms with E-state index in [4.69, 9.17) is 21.4 Å². The molecule has 0 aromatic rings. The van der Waals surface area contributed by atoms with E-state index in [2.05, 4.69) is 0 Å². The average Bonchev–Trinajstić information content (AvgIpc) is 2.10. The molecular weight excluding hydrogens is 180 g/mol. The first-order valence-corrected chi connectivity index (χ1v) is 4.63. The molecular formula is C8H15ClO3. The second kappa shape index (κ2) is 7.37. The number of unbranched alkanes of at least 4 members (excludes halogenated alkanes) is 1. The van der Waals surface area contributed by atoms with Crippen molar-refractivity contribution in [1.82, 2.24) is 0 Å². The van der Waals surface area contributed by atoms with Crippen LogP contribution in [0.25, 0.3) is 0 Å². The van der Waals surface area contributed by atoms with Crippen LogP contribution in [0.2, 0.25) is 0 Å². The van der Waals surface area contributed by atoms with Crippen molar-refractivity contribution in [2.24, 2.45) is 0 Å².